The van der Waals surface area contributed by atoms with Gasteiger partial charge in [0.2, 0.25) is 5.91 Å². The van der Waals surface area contributed by atoms with Gasteiger partial charge in [-0.25, -0.2) is 4.39 Å². The van der Waals surface area contributed by atoms with Crippen LogP contribution in [0.25, 0.3) is 16.5 Å². The lowest BCUT2D eigenvalue weighted by molar-refractivity contribution is -0.131. The van der Waals surface area contributed by atoms with E-state index in [1.807, 2.05) is 19.9 Å². The maximum Gasteiger partial charge on any atom is 0.270 e. The number of carbonyl (C=O) groups excluding carboxylic acids is 2. The van der Waals surface area contributed by atoms with Gasteiger partial charge < -0.3 is 19.9 Å². The second-order valence-electron chi connectivity index (χ2n) is 9.78. The number of amides is 2. The molecule has 4 rings (SSSR count). The molecule has 38 heavy (non-hydrogen) atoms. The number of halogens is 1. The van der Waals surface area contributed by atoms with Crippen LogP contribution in [-0.2, 0) is 11.3 Å². The molecule has 0 fully saturated rings. The fraction of sp³-hybridized carbons (Fsp3) is 0.400. The van der Waals surface area contributed by atoms with Crippen LogP contribution in [-0.4, -0.2) is 97.3 Å². The Morgan fingerprint density at radius 3 is 2.63 bits per heavy atom. The van der Waals surface area contributed by atoms with Crippen LogP contribution >= 0.6 is 0 Å². The average Bonchev–Trinajstić information content (AvgIpc) is 3.52. The monoisotopic (exact) mass is 507 g/mol. The Labute approximate surface area is 226 Å². The molecule has 0 aliphatic carbocycles. The molecular formula is C25H26B4FN5O3. The zero-order valence-corrected chi connectivity index (χ0v) is 21.4. The second kappa shape index (κ2) is 10.9. The van der Waals surface area contributed by atoms with E-state index in [2.05, 4.69) is 10.1 Å². The van der Waals surface area contributed by atoms with Gasteiger partial charge in [0, 0.05) is 49.4 Å². The smallest absolute Gasteiger partial charge is 0.270 e. The maximum absolute atomic E-state index is 16.0. The van der Waals surface area contributed by atoms with Crippen molar-refractivity contribution in [3.63, 3.8) is 0 Å². The Morgan fingerprint density at radius 2 is 2.03 bits per heavy atom. The number of benzene rings is 1. The number of nitrogens with one attached hydrogen (secondary N) is 1. The first kappa shape index (κ1) is 27.8. The number of rotatable bonds is 8. The maximum atomic E-state index is 16.0. The van der Waals surface area contributed by atoms with E-state index >= 15 is 4.39 Å². The first-order valence-corrected chi connectivity index (χ1v) is 12.3. The van der Waals surface area contributed by atoms with Crippen LogP contribution in [0.3, 0.4) is 0 Å². The summed E-state index contributed by atoms with van der Waals surface area (Å²) in [5.41, 5.74) is 1.81. The number of aromatic amines is 1. The van der Waals surface area contributed by atoms with Gasteiger partial charge in [0.05, 0.1) is 35.2 Å². The quantitative estimate of drug-likeness (QED) is 0.356. The molecule has 8 nitrogen and oxygen atoms in total. The van der Waals surface area contributed by atoms with Crippen molar-refractivity contribution in [3.05, 3.63) is 59.3 Å². The van der Waals surface area contributed by atoms with Crippen LogP contribution in [0.4, 0.5) is 4.39 Å². The third-order valence-electron chi connectivity index (χ3n) is 6.60. The number of aliphatic hydroxyl groups excluding tert-OH is 1. The predicted octanol–water partition coefficient (Wildman–Crippen LogP) is 1.34. The minimum atomic E-state index is -2.26. The van der Waals surface area contributed by atoms with Crippen molar-refractivity contribution in [2.24, 2.45) is 0 Å². The van der Waals surface area contributed by atoms with E-state index in [0.717, 1.165) is 5.56 Å². The molecule has 1 aromatic carbocycles. The topological polar surface area (TPSA) is 94.5 Å². The summed E-state index contributed by atoms with van der Waals surface area (Å²) in [5.74, 6) is -1.54. The Kier molecular flexibility index (Phi) is 7.97. The van der Waals surface area contributed by atoms with Crippen molar-refractivity contribution < 1.29 is 19.1 Å². The van der Waals surface area contributed by atoms with Gasteiger partial charge in [-0.3, -0.25) is 14.3 Å². The lowest BCUT2D eigenvalue weighted by atomic mass is 9.48. The summed E-state index contributed by atoms with van der Waals surface area (Å²) in [6, 6.07) is 5.01. The number of hydrogen-bond donors (Lipinski definition) is 2. The van der Waals surface area contributed by atoms with Gasteiger partial charge in [-0.05, 0) is 41.7 Å². The third kappa shape index (κ3) is 5.62. The molecule has 1 unspecified atom stereocenters. The minimum Gasteiger partial charge on any atom is -0.383 e. The molecule has 2 amide bonds. The number of aromatic nitrogens is 3. The molecular weight excluding hydrogens is 481 g/mol. The van der Waals surface area contributed by atoms with E-state index in [9.17, 15) is 14.7 Å². The largest absolute Gasteiger partial charge is 0.383 e. The zero-order valence-electron chi connectivity index (χ0n) is 21.4. The van der Waals surface area contributed by atoms with Crippen molar-refractivity contribution >= 4 is 59.7 Å². The SMILES string of the molecule is [B]C(O)N(C(=O)c1cc2c(C(C)C)cc(C3=CCCN(C(=O)CCn4cccn4)C3)c(F)c2[nH]1)C([B])([B])[B]. The van der Waals surface area contributed by atoms with E-state index < -0.39 is 23.1 Å². The van der Waals surface area contributed by atoms with E-state index in [0.29, 0.717) is 40.9 Å². The molecule has 1 atom stereocenters. The lowest BCUT2D eigenvalue weighted by Crippen LogP contribution is -2.58. The first-order chi connectivity index (χ1) is 17.9. The average molecular weight is 507 g/mol. The van der Waals surface area contributed by atoms with Crippen LogP contribution in [0.2, 0.25) is 0 Å². The third-order valence-corrected chi connectivity index (χ3v) is 6.60. The second-order valence-corrected chi connectivity index (χ2v) is 9.78. The highest BCUT2D eigenvalue weighted by molar-refractivity contribution is 6.60. The Bertz CT molecular complexity index is 1370. The number of nitrogens with zero attached hydrogens (tertiary/aromatic N) is 4. The van der Waals surface area contributed by atoms with E-state index in [-0.39, 0.29) is 36.0 Å². The van der Waals surface area contributed by atoms with Gasteiger partial charge in [-0.15, -0.1) is 0 Å². The van der Waals surface area contributed by atoms with Crippen LogP contribution in [0.5, 0.6) is 0 Å². The molecule has 3 heterocycles. The number of aliphatic hydroxyl groups is 1. The molecule has 1 aliphatic heterocycles. The highest BCUT2D eigenvalue weighted by Gasteiger charge is 2.31. The number of hydrogen-bond acceptors (Lipinski definition) is 4. The summed E-state index contributed by atoms with van der Waals surface area (Å²) in [6.45, 7) is 5.16. The summed E-state index contributed by atoms with van der Waals surface area (Å²) in [6.07, 6.45) is 4.36. The highest BCUT2D eigenvalue weighted by Crippen LogP contribution is 2.35. The molecule has 3 aromatic rings. The van der Waals surface area contributed by atoms with Gasteiger partial charge in [-0.1, -0.05) is 25.2 Å². The molecule has 0 saturated heterocycles. The standard InChI is InChI=1S/C25H26B4FN5O3/c1-14(2)16-11-17(15-5-3-8-33(13-15)20(36)6-10-34-9-4-7-31-34)21(30)22-18(16)12-19(32-22)23(37)35(24(26)38)25(27,28)29/h4-5,7,9,11-12,14,24,32,38H,3,6,8,10,13H2,1-2H3. The summed E-state index contributed by atoms with van der Waals surface area (Å²) < 4.78 is 17.7. The number of H-pyrrole nitrogens is 1. The lowest BCUT2D eigenvalue weighted by Gasteiger charge is -2.39. The van der Waals surface area contributed by atoms with Crippen molar-refractivity contribution in [1.82, 2.24) is 24.6 Å². The van der Waals surface area contributed by atoms with Crippen LogP contribution in [0.1, 0.15) is 54.2 Å². The molecule has 2 aromatic heterocycles. The fourth-order valence-electron chi connectivity index (χ4n) is 4.72. The fourth-order valence-corrected chi connectivity index (χ4v) is 4.72. The van der Waals surface area contributed by atoms with Crippen molar-refractivity contribution in [1.29, 1.82) is 0 Å². The number of aryl methyl sites for hydroxylation is 1. The molecule has 8 radical (unpaired) electrons. The van der Waals surface area contributed by atoms with Crippen molar-refractivity contribution in [2.45, 2.75) is 50.5 Å². The highest BCUT2D eigenvalue weighted by atomic mass is 19.1. The Balaban J connectivity index is 1.67. The predicted molar refractivity (Wildman–Crippen MR) is 146 cm³/mol. The summed E-state index contributed by atoms with van der Waals surface area (Å²) in [7, 11) is 22.3. The van der Waals surface area contributed by atoms with Gasteiger partial charge in [-0.2, -0.15) is 5.10 Å². The van der Waals surface area contributed by atoms with Crippen molar-refractivity contribution in [2.75, 3.05) is 13.1 Å². The molecule has 1 aliphatic rings. The normalized spacial score (nSPS) is 15.1. The summed E-state index contributed by atoms with van der Waals surface area (Å²) in [5, 5.41) is 12.2. The molecule has 0 spiro atoms. The first-order valence-electron chi connectivity index (χ1n) is 12.3. The van der Waals surface area contributed by atoms with Crippen LogP contribution in [0, 0.1) is 5.82 Å². The Morgan fingerprint density at radius 1 is 1.29 bits per heavy atom. The summed E-state index contributed by atoms with van der Waals surface area (Å²) in [4.78, 5) is 31.0. The van der Waals surface area contributed by atoms with Crippen LogP contribution in [0.15, 0.2) is 36.7 Å². The molecule has 13 heteroatoms. The number of fused-ring (bicyclic) bond motifs is 1. The van der Waals surface area contributed by atoms with Gasteiger partial charge >= 0.3 is 0 Å². The molecule has 0 bridgehead atoms. The van der Waals surface area contributed by atoms with E-state index in [4.69, 9.17) is 31.4 Å². The number of carbonyl (C=O) groups is 2. The van der Waals surface area contributed by atoms with Gasteiger partial charge in [0.15, 0.2) is 5.82 Å². The minimum absolute atomic E-state index is 0.0274. The van der Waals surface area contributed by atoms with Crippen LogP contribution < -0.4 is 0 Å². The van der Waals surface area contributed by atoms with Gasteiger partial charge in [0.1, 0.15) is 13.5 Å². The molecule has 0 saturated carbocycles. The Hall–Kier alpha value is -3.20. The van der Waals surface area contributed by atoms with E-state index in [1.54, 1.807) is 34.1 Å². The zero-order chi connectivity index (χ0) is 27.8. The molecule has 188 valence electrons. The summed E-state index contributed by atoms with van der Waals surface area (Å²) >= 11 is 0. The van der Waals surface area contributed by atoms with E-state index in [1.165, 1.54) is 6.07 Å². The molecule has 2 N–H and O–H groups in total. The van der Waals surface area contributed by atoms with Gasteiger partial charge in [0.25, 0.3) is 5.91 Å². The van der Waals surface area contributed by atoms with Crippen molar-refractivity contribution in [3.8, 4) is 0 Å².